The summed E-state index contributed by atoms with van der Waals surface area (Å²) < 4.78 is 27.8. The Bertz CT molecular complexity index is 741. The molecular formula is C21H34N2O3S. The third-order valence-corrected chi connectivity index (χ3v) is 7.49. The summed E-state index contributed by atoms with van der Waals surface area (Å²) >= 11 is 0. The second-order valence-electron chi connectivity index (χ2n) is 8.23. The van der Waals surface area contributed by atoms with E-state index in [0.29, 0.717) is 43.3 Å². The van der Waals surface area contributed by atoms with Crippen LogP contribution in [0.25, 0.3) is 0 Å². The van der Waals surface area contributed by atoms with Gasteiger partial charge in [0.2, 0.25) is 15.9 Å². The normalized spacial score (nSPS) is 16.7. The maximum Gasteiger partial charge on any atom is 0.243 e. The van der Waals surface area contributed by atoms with Crippen molar-refractivity contribution in [1.82, 2.24) is 9.62 Å². The summed E-state index contributed by atoms with van der Waals surface area (Å²) in [5.41, 5.74) is 2.65. The first-order valence-corrected chi connectivity index (χ1v) is 11.4. The van der Waals surface area contributed by atoms with Crippen LogP contribution in [-0.2, 0) is 14.8 Å². The van der Waals surface area contributed by atoms with Gasteiger partial charge in [0.25, 0.3) is 0 Å². The molecule has 1 saturated heterocycles. The lowest BCUT2D eigenvalue weighted by Crippen LogP contribution is -2.43. The molecule has 5 nitrogen and oxygen atoms in total. The summed E-state index contributed by atoms with van der Waals surface area (Å²) in [6, 6.07) is 3.83. The van der Waals surface area contributed by atoms with Crippen LogP contribution in [0.3, 0.4) is 0 Å². The zero-order chi connectivity index (χ0) is 20.2. The fraction of sp³-hybridized carbons (Fsp3) is 0.667. The SMILES string of the molecule is Cc1cc(C)c(S(=O)(=O)N2CCC(C(=O)NCCCC(C)C)CC2)c(C)c1. The number of hydrogen-bond donors (Lipinski definition) is 1. The van der Waals surface area contributed by atoms with Gasteiger partial charge in [-0.2, -0.15) is 4.31 Å². The Labute approximate surface area is 164 Å². The van der Waals surface area contributed by atoms with E-state index in [1.807, 2.05) is 32.9 Å². The number of amides is 1. The maximum absolute atomic E-state index is 13.1. The van der Waals surface area contributed by atoms with E-state index >= 15 is 0 Å². The molecule has 1 aromatic rings. The molecule has 0 saturated carbocycles. The van der Waals surface area contributed by atoms with Crippen LogP contribution in [0.5, 0.6) is 0 Å². The number of nitrogens with one attached hydrogen (secondary N) is 1. The summed E-state index contributed by atoms with van der Waals surface area (Å²) in [5.74, 6) is 0.623. The molecule has 27 heavy (non-hydrogen) atoms. The third kappa shape index (κ3) is 5.55. The summed E-state index contributed by atoms with van der Waals surface area (Å²) in [6.07, 6.45) is 3.26. The minimum absolute atomic E-state index is 0.0681. The molecule has 0 aromatic heterocycles. The van der Waals surface area contributed by atoms with E-state index in [-0.39, 0.29) is 11.8 Å². The van der Waals surface area contributed by atoms with E-state index in [0.717, 1.165) is 29.5 Å². The molecule has 0 unspecified atom stereocenters. The van der Waals surface area contributed by atoms with Crippen LogP contribution in [0.15, 0.2) is 17.0 Å². The maximum atomic E-state index is 13.1. The molecule has 0 radical (unpaired) electrons. The minimum atomic E-state index is -3.52. The molecule has 0 aliphatic carbocycles. The first-order chi connectivity index (χ1) is 12.6. The van der Waals surface area contributed by atoms with Crippen molar-refractivity contribution >= 4 is 15.9 Å². The molecule has 152 valence electrons. The van der Waals surface area contributed by atoms with Crippen molar-refractivity contribution in [3.8, 4) is 0 Å². The van der Waals surface area contributed by atoms with Gasteiger partial charge in [0.1, 0.15) is 0 Å². The topological polar surface area (TPSA) is 66.5 Å². The number of sulfonamides is 1. The van der Waals surface area contributed by atoms with Crippen LogP contribution in [-0.4, -0.2) is 38.3 Å². The average Bonchev–Trinajstić information content (AvgIpc) is 2.57. The second-order valence-corrected chi connectivity index (χ2v) is 10.1. The second kappa shape index (κ2) is 9.20. The van der Waals surface area contributed by atoms with Crippen LogP contribution in [0.4, 0.5) is 0 Å². The lowest BCUT2D eigenvalue weighted by atomic mass is 9.97. The largest absolute Gasteiger partial charge is 0.356 e. The molecule has 1 aliphatic rings. The van der Waals surface area contributed by atoms with Gasteiger partial charge in [-0.3, -0.25) is 4.79 Å². The van der Waals surface area contributed by atoms with Crippen molar-refractivity contribution in [2.45, 2.75) is 65.2 Å². The van der Waals surface area contributed by atoms with Gasteiger partial charge in [-0.15, -0.1) is 0 Å². The van der Waals surface area contributed by atoms with Gasteiger partial charge in [-0.05, 0) is 63.5 Å². The lowest BCUT2D eigenvalue weighted by Gasteiger charge is -2.31. The summed E-state index contributed by atoms with van der Waals surface area (Å²) in [4.78, 5) is 12.8. The van der Waals surface area contributed by atoms with Gasteiger partial charge in [-0.1, -0.05) is 31.5 Å². The van der Waals surface area contributed by atoms with Crippen molar-refractivity contribution in [1.29, 1.82) is 0 Å². The van der Waals surface area contributed by atoms with Gasteiger partial charge in [-0.25, -0.2) is 8.42 Å². The van der Waals surface area contributed by atoms with Crippen molar-refractivity contribution in [3.63, 3.8) is 0 Å². The number of rotatable bonds is 7. The number of nitrogens with zero attached hydrogens (tertiary/aromatic N) is 1. The van der Waals surface area contributed by atoms with E-state index in [2.05, 4.69) is 19.2 Å². The molecule has 0 bridgehead atoms. The molecule has 1 aliphatic heterocycles. The molecule has 1 amide bonds. The fourth-order valence-corrected chi connectivity index (χ4v) is 5.81. The quantitative estimate of drug-likeness (QED) is 0.719. The molecule has 1 N–H and O–H groups in total. The Morgan fingerprint density at radius 3 is 2.22 bits per heavy atom. The van der Waals surface area contributed by atoms with Gasteiger partial charge in [0.05, 0.1) is 4.90 Å². The van der Waals surface area contributed by atoms with Gasteiger partial charge >= 0.3 is 0 Å². The van der Waals surface area contributed by atoms with Crippen LogP contribution in [0.2, 0.25) is 0 Å². The van der Waals surface area contributed by atoms with Crippen molar-refractivity contribution in [2.75, 3.05) is 19.6 Å². The Morgan fingerprint density at radius 2 is 1.70 bits per heavy atom. The molecule has 1 fully saturated rings. The third-order valence-electron chi connectivity index (χ3n) is 5.28. The number of carbonyl (C=O) groups is 1. The van der Waals surface area contributed by atoms with Crippen molar-refractivity contribution < 1.29 is 13.2 Å². The number of piperidine rings is 1. The molecular weight excluding hydrogens is 360 g/mol. The Balaban J connectivity index is 1.96. The lowest BCUT2D eigenvalue weighted by molar-refractivity contribution is -0.126. The monoisotopic (exact) mass is 394 g/mol. The zero-order valence-electron chi connectivity index (χ0n) is 17.3. The Morgan fingerprint density at radius 1 is 1.15 bits per heavy atom. The van der Waals surface area contributed by atoms with Crippen LogP contribution < -0.4 is 5.32 Å². The Hall–Kier alpha value is -1.40. The number of carbonyl (C=O) groups excluding carboxylic acids is 1. The zero-order valence-corrected chi connectivity index (χ0v) is 18.2. The van der Waals surface area contributed by atoms with E-state index in [1.165, 1.54) is 0 Å². The summed E-state index contributed by atoms with van der Waals surface area (Å²) in [5, 5.41) is 3.01. The summed E-state index contributed by atoms with van der Waals surface area (Å²) in [7, 11) is -3.52. The summed E-state index contributed by atoms with van der Waals surface area (Å²) in [6.45, 7) is 11.5. The van der Waals surface area contributed by atoms with E-state index < -0.39 is 10.0 Å². The molecule has 0 spiro atoms. The first-order valence-electron chi connectivity index (χ1n) is 9.98. The number of hydrogen-bond acceptors (Lipinski definition) is 3. The van der Waals surface area contributed by atoms with E-state index in [4.69, 9.17) is 0 Å². The highest BCUT2D eigenvalue weighted by atomic mass is 32.2. The standard InChI is InChI=1S/C21H34N2O3S/c1-15(2)7-6-10-22-21(24)19-8-11-23(12-9-19)27(25,26)20-17(4)13-16(3)14-18(20)5/h13-15,19H,6-12H2,1-5H3,(H,22,24). The molecule has 1 aromatic carbocycles. The average molecular weight is 395 g/mol. The van der Waals surface area contributed by atoms with Crippen LogP contribution in [0, 0.1) is 32.6 Å². The highest BCUT2D eigenvalue weighted by molar-refractivity contribution is 7.89. The minimum Gasteiger partial charge on any atom is -0.356 e. The van der Waals surface area contributed by atoms with Gasteiger partial charge in [0, 0.05) is 25.6 Å². The number of benzene rings is 1. The molecule has 6 heteroatoms. The highest BCUT2D eigenvalue weighted by Gasteiger charge is 2.33. The van der Waals surface area contributed by atoms with Crippen molar-refractivity contribution in [2.24, 2.45) is 11.8 Å². The van der Waals surface area contributed by atoms with Gasteiger partial charge < -0.3 is 5.32 Å². The predicted octanol–water partition coefficient (Wildman–Crippen LogP) is 3.56. The highest BCUT2D eigenvalue weighted by Crippen LogP contribution is 2.28. The Kier molecular flexibility index (Phi) is 7.46. The van der Waals surface area contributed by atoms with Crippen molar-refractivity contribution in [3.05, 3.63) is 28.8 Å². The smallest absolute Gasteiger partial charge is 0.243 e. The predicted molar refractivity (Wildman–Crippen MR) is 109 cm³/mol. The molecule has 1 heterocycles. The van der Waals surface area contributed by atoms with Crippen LogP contribution in [0.1, 0.15) is 56.2 Å². The van der Waals surface area contributed by atoms with Crippen LogP contribution >= 0.6 is 0 Å². The van der Waals surface area contributed by atoms with E-state index in [1.54, 1.807) is 4.31 Å². The fourth-order valence-electron chi connectivity index (χ4n) is 3.93. The van der Waals surface area contributed by atoms with Gasteiger partial charge in [0.15, 0.2) is 0 Å². The molecule has 2 rings (SSSR count). The number of aryl methyl sites for hydroxylation is 3. The first kappa shape index (κ1) is 21.9. The van der Waals surface area contributed by atoms with E-state index in [9.17, 15) is 13.2 Å². The molecule has 0 atom stereocenters.